The van der Waals surface area contributed by atoms with E-state index in [1.807, 2.05) is 19.1 Å². The number of aryl methyl sites for hydroxylation is 1. The van der Waals surface area contributed by atoms with Crippen molar-refractivity contribution in [3.63, 3.8) is 0 Å². The van der Waals surface area contributed by atoms with Crippen LogP contribution in [0.1, 0.15) is 18.1 Å². The van der Waals surface area contributed by atoms with Crippen molar-refractivity contribution in [2.24, 2.45) is 0 Å². The summed E-state index contributed by atoms with van der Waals surface area (Å²) < 4.78 is 6.60. The van der Waals surface area contributed by atoms with Crippen LogP contribution in [-0.2, 0) is 6.42 Å². The van der Waals surface area contributed by atoms with Crippen molar-refractivity contribution in [1.82, 2.24) is 0 Å². The zero-order chi connectivity index (χ0) is 13.8. The van der Waals surface area contributed by atoms with Crippen molar-refractivity contribution < 1.29 is 4.74 Å². The van der Waals surface area contributed by atoms with Crippen LogP contribution in [0.5, 0.6) is 11.5 Å². The van der Waals surface area contributed by atoms with Gasteiger partial charge in [-0.3, -0.25) is 0 Å². The quantitative estimate of drug-likeness (QED) is 0.759. The van der Waals surface area contributed by atoms with Crippen molar-refractivity contribution in [2.75, 3.05) is 0 Å². The van der Waals surface area contributed by atoms with Crippen LogP contribution < -0.4 is 4.74 Å². The number of benzene rings is 2. The number of hydrogen-bond acceptors (Lipinski definition) is 2. The molecule has 0 unspecified atom stereocenters. The van der Waals surface area contributed by atoms with Gasteiger partial charge in [0.25, 0.3) is 0 Å². The lowest BCUT2D eigenvalue weighted by molar-refractivity contribution is 0.480. The molecule has 0 aliphatic rings. The number of nitriles is 1. The minimum absolute atomic E-state index is 0.488. The van der Waals surface area contributed by atoms with Gasteiger partial charge in [0.05, 0.1) is 5.56 Å². The second-order valence-corrected chi connectivity index (χ2v) is 5.28. The number of ether oxygens (including phenoxy) is 1. The first kappa shape index (κ1) is 13.9. The van der Waals surface area contributed by atoms with E-state index >= 15 is 0 Å². The third-order valence-corrected chi connectivity index (χ3v) is 3.55. The molecular weight excluding hydrogens is 326 g/mol. The summed E-state index contributed by atoms with van der Waals surface area (Å²) in [6, 6.07) is 12.9. The van der Waals surface area contributed by atoms with Crippen molar-refractivity contribution in [3.8, 4) is 17.6 Å². The van der Waals surface area contributed by atoms with Crippen molar-refractivity contribution >= 4 is 27.5 Å². The lowest BCUT2D eigenvalue weighted by Gasteiger charge is -2.09. The van der Waals surface area contributed by atoms with Crippen molar-refractivity contribution in [3.05, 3.63) is 57.0 Å². The molecule has 0 heterocycles. The zero-order valence-electron chi connectivity index (χ0n) is 10.3. The molecule has 0 radical (unpaired) electrons. The molecular formula is C15H11BrClNO. The first-order valence-electron chi connectivity index (χ1n) is 5.80. The summed E-state index contributed by atoms with van der Waals surface area (Å²) in [4.78, 5) is 0. The molecule has 0 saturated heterocycles. The van der Waals surface area contributed by atoms with Gasteiger partial charge in [0.1, 0.15) is 17.6 Å². The minimum Gasteiger partial charge on any atom is -0.456 e. The molecule has 0 spiro atoms. The highest BCUT2D eigenvalue weighted by atomic mass is 79.9. The third-order valence-electron chi connectivity index (χ3n) is 2.69. The summed E-state index contributed by atoms with van der Waals surface area (Å²) in [6.45, 7) is 2.03. The predicted molar refractivity (Wildman–Crippen MR) is 79.8 cm³/mol. The fraction of sp³-hybridized carbons (Fsp3) is 0.133. The van der Waals surface area contributed by atoms with Gasteiger partial charge in [-0.15, -0.1) is 0 Å². The van der Waals surface area contributed by atoms with Gasteiger partial charge in [0, 0.05) is 9.50 Å². The highest BCUT2D eigenvalue weighted by Crippen LogP contribution is 2.30. The monoisotopic (exact) mass is 335 g/mol. The third kappa shape index (κ3) is 3.28. The maximum absolute atomic E-state index is 9.09. The molecule has 96 valence electrons. The average molecular weight is 337 g/mol. The molecule has 0 aliphatic heterocycles. The van der Waals surface area contributed by atoms with Gasteiger partial charge in [-0.25, -0.2) is 0 Å². The summed E-state index contributed by atoms with van der Waals surface area (Å²) in [5, 5.41) is 9.82. The normalized spacial score (nSPS) is 10.0. The number of hydrogen-bond donors (Lipinski definition) is 0. The Morgan fingerprint density at radius 1 is 1.26 bits per heavy atom. The van der Waals surface area contributed by atoms with Crippen LogP contribution >= 0.6 is 27.5 Å². The van der Waals surface area contributed by atoms with Gasteiger partial charge in [0.2, 0.25) is 0 Å². The van der Waals surface area contributed by atoms with E-state index in [0.29, 0.717) is 17.1 Å². The SMILES string of the molecule is CCc1cc(Oc2ccc(Br)cc2C#N)ccc1Cl. The van der Waals surface area contributed by atoms with E-state index in [1.165, 1.54) is 0 Å². The van der Waals surface area contributed by atoms with E-state index in [0.717, 1.165) is 21.5 Å². The molecule has 0 aromatic heterocycles. The largest absolute Gasteiger partial charge is 0.456 e. The van der Waals surface area contributed by atoms with Crippen LogP contribution in [0.3, 0.4) is 0 Å². The van der Waals surface area contributed by atoms with E-state index < -0.39 is 0 Å². The van der Waals surface area contributed by atoms with E-state index in [4.69, 9.17) is 21.6 Å². The lowest BCUT2D eigenvalue weighted by atomic mass is 10.1. The van der Waals surface area contributed by atoms with Crippen LogP contribution in [0.15, 0.2) is 40.9 Å². The molecule has 2 aromatic rings. The van der Waals surface area contributed by atoms with Crippen molar-refractivity contribution in [1.29, 1.82) is 5.26 Å². The van der Waals surface area contributed by atoms with E-state index in [-0.39, 0.29) is 0 Å². The summed E-state index contributed by atoms with van der Waals surface area (Å²) in [7, 11) is 0. The van der Waals surface area contributed by atoms with Crippen LogP contribution in [0, 0.1) is 11.3 Å². The smallest absolute Gasteiger partial charge is 0.145 e. The number of nitrogens with zero attached hydrogens (tertiary/aromatic N) is 1. The van der Waals surface area contributed by atoms with Crippen LogP contribution in [0.25, 0.3) is 0 Å². The molecule has 2 nitrogen and oxygen atoms in total. The zero-order valence-corrected chi connectivity index (χ0v) is 12.6. The topological polar surface area (TPSA) is 33.0 Å². The van der Waals surface area contributed by atoms with Crippen molar-refractivity contribution in [2.45, 2.75) is 13.3 Å². The molecule has 0 atom stereocenters. The second kappa shape index (κ2) is 6.10. The summed E-state index contributed by atoms with van der Waals surface area (Å²) in [6.07, 6.45) is 0.835. The Bertz CT molecular complexity index is 649. The van der Waals surface area contributed by atoms with Crippen LogP contribution in [0.4, 0.5) is 0 Å². The second-order valence-electron chi connectivity index (χ2n) is 3.96. The first-order chi connectivity index (χ1) is 9.13. The van der Waals surface area contributed by atoms with Gasteiger partial charge < -0.3 is 4.74 Å². The van der Waals surface area contributed by atoms with Gasteiger partial charge in [-0.2, -0.15) is 5.26 Å². The Kier molecular flexibility index (Phi) is 4.47. The maximum atomic E-state index is 9.09. The van der Waals surface area contributed by atoms with Gasteiger partial charge in [0.15, 0.2) is 0 Å². The predicted octanol–water partition coefficient (Wildman–Crippen LogP) is 5.33. The molecule has 2 aromatic carbocycles. The van der Waals surface area contributed by atoms with Crippen LogP contribution in [0.2, 0.25) is 5.02 Å². The molecule has 2 rings (SSSR count). The van der Waals surface area contributed by atoms with Gasteiger partial charge in [-0.05, 0) is 48.4 Å². The number of halogens is 2. The average Bonchev–Trinajstić information content (AvgIpc) is 2.42. The molecule has 0 N–H and O–H groups in total. The Labute approximate surface area is 125 Å². The van der Waals surface area contributed by atoms with E-state index in [2.05, 4.69) is 22.0 Å². The van der Waals surface area contributed by atoms with Gasteiger partial charge >= 0.3 is 0 Å². The Hall–Kier alpha value is -1.50. The summed E-state index contributed by atoms with van der Waals surface area (Å²) in [5.41, 5.74) is 1.51. The standard InChI is InChI=1S/C15H11BrClNO/c1-2-10-8-13(4-5-14(10)17)19-15-6-3-12(16)7-11(15)9-18/h3-8H,2H2,1H3. The summed E-state index contributed by atoms with van der Waals surface area (Å²) >= 11 is 9.40. The fourth-order valence-electron chi connectivity index (χ4n) is 1.69. The molecule has 0 saturated carbocycles. The summed E-state index contributed by atoms with van der Waals surface area (Å²) in [5.74, 6) is 1.22. The van der Waals surface area contributed by atoms with Gasteiger partial charge in [-0.1, -0.05) is 34.5 Å². The van der Waals surface area contributed by atoms with E-state index in [9.17, 15) is 0 Å². The molecule has 19 heavy (non-hydrogen) atoms. The first-order valence-corrected chi connectivity index (χ1v) is 6.97. The Morgan fingerprint density at radius 2 is 2.05 bits per heavy atom. The van der Waals surface area contributed by atoms with E-state index in [1.54, 1.807) is 24.3 Å². The molecule has 0 bridgehead atoms. The minimum atomic E-state index is 0.488. The molecule has 0 aliphatic carbocycles. The fourth-order valence-corrected chi connectivity index (χ4v) is 2.30. The lowest BCUT2D eigenvalue weighted by Crippen LogP contribution is -1.90. The Balaban J connectivity index is 2.34. The molecule has 0 amide bonds. The molecule has 0 fully saturated rings. The highest BCUT2D eigenvalue weighted by molar-refractivity contribution is 9.10. The highest BCUT2D eigenvalue weighted by Gasteiger charge is 2.07. The Morgan fingerprint density at radius 3 is 2.74 bits per heavy atom. The van der Waals surface area contributed by atoms with Crippen LogP contribution in [-0.4, -0.2) is 0 Å². The molecule has 4 heteroatoms. The maximum Gasteiger partial charge on any atom is 0.145 e. The number of rotatable bonds is 3.